The first-order valence-electron chi connectivity index (χ1n) is 9.03. The fourth-order valence-electron chi connectivity index (χ4n) is 2.96. The number of rotatable bonds is 7. The van der Waals surface area contributed by atoms with Crippen LogP contribution in [0.4, 0.5) is 15.8 Å². The first kappa shape index (κ1) is 18.9. The molecule has 0 bridgehead atoms. The Morgan fingerprint density at radius 3 is 2.30 bits per heavy atom. The van der Waals surface area contributed by atoms with Crippen molar-refractivity contribution in [2.24, 2.45) is 5.41 Å². The van der Waals surface area contributed by atoms with Gasteiger partial charge in [-0.3, -0.25) is 9.59 Å². The van der Waals surface area contributed by atoms with Gasteiger partial charge in [-0.2, -0.15) is 0 Å². The SMILES string of the molecule is CN(C)c1ccc(NC(=O)C2(C(=O)NCCc3ccccc3F)CC2)cc1. The standard InChI is InChI=1S/C21H24FN3O2/c1-25(2)17-9-7-16(8-10-17)24-20(27)21(12-13-21)19(26)23-14-11-15-5-3-4-6-18(15)22/h3-10H,11-14H2,1-2H3,(H,23,26)(H,24,27). The molecule has 6 heteroatoms. The molecule has 2 aromatic rings. The average Bonchev–Trinajstić information content (AvgIpc) is 3.46. The third kappa shape index (κ3) is 4.27. The van der Waals surface area contributed by atoms with Gasteiger partial charge in [0.05, 0.1) is 0 Å². The second kappa shape index (κ2) is 7.78. The van der Waals surface area contributed by atoms with Crippen molar-refractivity contribution in [3.05, 3.63) is 59.9 Å². The summed E-state index contributed by atoms with van der Waals surface area (Å²) in [6, 6.07) is 13.9. The molecule has 1 aliphatic carbocycles. The van der Waals surface area contributed by atoms with E-state index in [1.54, 1.807) is 18.2 Å². The van der Waals surface area contributed by atoms with Crippen LogP contribution in [0.3, 0.4) is 0 Å². The Balaban J connectivity index is 1.54. The smallest absolute Gasteiger partial charge is 0.240 e. The van der Waals surface area contributed by atoms with Gasteiger partial charge in [-0.15, -0.1) is 0 Å². The van der Waals surface area contributed by atoms with E-state index in [4.69, 9.17) is 0 Å². The second-order valence-electron chi connectivity index (χ2n) is 7.07. The molecule has 0 radical (unpaired) electrons. The molecular formula is C21H24FN3O2. The highest BCUT2D eigenvalue weighted by atomic mass is 19.1. The summed E-state index contributed by atoms with van der Waals surface area (Å²) in [5.74, 6) is -0.864. The minimum absolute atomic E-state index is 0.285. The van der Waals surface area contributed by atoms with E-state index < -0.39 is 5.41 Å². The van der Waals surface area contributed by atoms with Gasteiger partial charge in [-0.1, -0.05) is 18.2 Å². The Morgan fingerprint density at radius 2 is 1.70 bits per heavy atom. The van der Waals surface area contributed by atoms with E-state index in [1.807, 2.05) is 43.3 Å². The molecular weight excluding hydrogens is 345 g/mol. The fraction of sp³-hybridized carbons (Fsp3) is 0.333. The highest BCUT2D eigenvalue weighted by Gasteiger charge is 2.56. The van der Waals surface area contributed by atoms with Crippen LogP contribution >= 0.6 is 0 Å². The van der Waals surface area contributed by atoms with Crippen molar-refractivity contribution in [2.45, 2.75) is 19.3 Å². The maximum Gasteiger partial charge on any atom is 0.240 e. The maximum absolute atomic E-state index is 13.6. The monoisotopic (exact) mass is 369 g/mol. The van der Waals surface area contributed by atoms with Crippen molar-refractivity contribution in [3.63, 3.8) is 0 Å². The summed E-state index contributed by atoms with van der Waals surface area (Å²) in [4.78, 5) is 27.1. The van der Waals surface area contributed by atoms with Gasteiger partial charge in [0.15, 0.2) is 0 Å². The summed E-state index contributed by atoms with van der Waals surface area (Å²) in [7, 11) is 3.89. The van der Waals surface area contributed by atoms with Gasteiger partial charge in [-0.05, 0) is 55.2 Å². The van der Waals surface area contributed by atoms with E-state index in [0.29, 0.717) is 37.1 Å². The predicted molar refractivity (Wildman–Crippen MR) is 104 cm³/mol. The number of benzene rings is 2. The molecule has 2 aromatic carbocycles. The van der Waals surface area contributed by atoms with Gasteiger partial charge in [-0.25, -0.2) is 4.39 Å². The average molecular weight is 369 g/mol. The summed E-state index contributed by atoms with van der Waals surface area (Å²) in [5, 5.41) is 5.61. The molecule has 0 atom stereocenters. The second-order valence-corrected chi connectivity index (χ2v) is 7.07. The maximum atomic E-state index is 13.6. The van der Waals surface area contributed by atoms with Crippen LogP contribution in [0.1, 0.15) is 18.4 Å². The molecule has 1 saturated carbocycles. The van der Waals surface area contributed by atoms with Crippen molar-refractivity contribution in [2.75, 3.05) is 30.9 Å². The van der Waals surface area contributed by atoms with Gasteiger partial charge in [0.25, 0.3) is 0 Å². The fourth-order valence-corrected chi connectivity index (χ4v) is 2.96. The highest BCUT2D eigenvalue weighted by molar-refractivity contribution is 6.13. The van der Waals surface area contributed by atoms with Crippen LogP contribution in [0, 0.1) is 11.2 Å². The molecule has 0 heterocycles. The third-order valence-electron chi connectivity index (χ3n) is 4.90. The number of nitrogens with zero attached hydrogens (tertiary/aromatic N) is 1. The molecule has 5 nitrogen and oxygen atoms in total. The zero-order valence-corrected chi connectivity index (χ0v) is 15.6. The van der Waals surface area contributed by atoms with Crippen LogP contribution in [-0.2, 0) is 16.0 Å². The van der Waals surface area contributed by atoms with E-state index >= 15 is 0 Å². The molecule has 0 aliphatic heterocycles. The van der Waals surface area contributed by atoms with Crippen molar-refractivity contribution in [3.8, 4) is 0 Å². The normalized spacial score (nSPS) is 14.3. The largest absolute Gasteiger partial charge is 0.378 e. The van der Waals surface area contributed by atoms with Gasteiger partial charge < -0.3 is 15.5 Å². The summed E-state index contributed by atoms with van der Waals surface area (Å²) in [6.07, 6.45) is 1.45. The number of anilines is 2. The van der Waals surface area contributed by atoms with E-state index in [-0.39, 0.29) is 17.6 Å². The lowest BCUT2D eigenvalue weighted by atomic mass is 10.0. The number of carbonyl (C=O) groups excluding carboxylic acids is 2. The number of halogens is 1. The Morgan fingerprint density at radius 1 is 1.04 bits per heavy atom. The molecule has 0 unspecified atom stereocenters. The van der Waals surface area contributed by atoms with E-state index in [9.17, 15) is 14.0 Å². The zero-order chi connectivity index (χ0) is 19.4. The van der Waals surface area contributed by atoms with Gasteiger partial charge in [0, 0.05) is 32.0 Å². The third-order valence-corrected chi connectivity index (χ3v) is 4.90. The minimum Gasteiger partial charge on any atom is -0.378 e. The Hall–Kier alpha value is -2.89. The Bertz CT molecular complexity index is 830. The molecule has 2 amide bonds. The number of carbonyl (C=O) groups is 2. The molecule has 0 aromatic heterocycles. The molecule has 0 spiro atoms. The van der Waals surface area contributed by atoms with Crippen LogP contribution in [0.2, 0.25) is 0 Å². The van der Waals surface area contributed by atoms with E-state index in [0.717, 1.165) is 5.69 Å². The zero-order valence-electron chi connectivity index (χ0n) is 15.6. The van der Waals surface area contributed by atoms with Crippen molar-refractivity contribution >= 4 is 23.2 Å². The highest BCUT2D eigenvalue weighted by Crippen LogP contribution is 2.46. The Labute approximate surface area is 158 Å². The number of hydrogen-bond donors (Lipinski definition) is 2. The van der Waals surface area contributed by atoms with Crippen LogP contribution in [0.25, 0.3) is 0 Å². The van der Waals surface area contributed by atoms with Gasteiger partial charge in [0.1, 0.15) is 11.2 Å². The number of amides is 2. The predicted octanol–water partition coefficient (Wildman–Crippen LogP) is 2.97. The van der Waals surface area contributed by atoms with E-state index in [2.05, 4.69) is 10.6 Å². The summed E-state index contributed by atoms with van der Waals surface area (Å²) in [6.45, 7) is 0.298. The topological polar surface area (TPSA) is 61.4 Å². The minimum atomic E-state index is -1.00. The number of nitrogens with one attached hydrogen (secondary N) is 2. The van der Waals surface area contributed by atoms with Crippen LogP contribution in [-0.4, -0.2) is 32.5 Å². The first-order valence-corrected chi connectivity index (χ1v) is 9.03. The van der Waals surface area contributed by atoms with Gasteiger partial charge in [0.2, 0.25) is 11.8 Å². The molecule has 142 valence electrons. The lowest BCUT2D eigenvalue weighted by Crippen LogP contribution is -2.40. The molecule has 1 fully saturated rings. The number of hydrogen-bond acceptors (Lipinski definition) is 3. The summed E-state index contributed by atoms with van der Waals surface area (Å²) >= 11 is 0. The molecule has 27 heavy (non-hydrogen) atoms. The molecule has 1 aliphatic rings. The van der Waals surface area contributed by atoms with Crippen LogP contribution < -0.4 is 15.5 Å². The first-order chi connectivity index (χ1) is 12.9. The van der Waals surface area contributed by atoms with Crippen molar-refractivity contribution < 1.29 is 14.0 Å². The van der Waals surface area contributed by atoms with E-state index in [1.165, 1.54) is 6.07 Å². The molecule has 3 rings (SSSR count). The Kier molecular flexibility index (Phi) is 5.44. The lowest BCUT2D eigenvalue weighted by molar-refractivity contribution is -0.134. The summed E-state index contributed by atoms with van der Waals surface area (Å²) in [5.41, 5.74) is 1.24. The quantitative estimate of drug-likeness (QED) is 0.738. The molecule has 2 N–H and O–H groups in total. The van der Waals surface area contributed by atoms with Crippen LogP contribution in [0.5, 0.6) is 0 Å². The van der Waals surface area contributed by atoms with Crippen molar-refractivity contribution in [1.29, 1.82) is 0 Å². The van der Waals surface area contributed by atoms with Gasteiger partial charge >= 0.3 is 0 Å². The lowest BCUT2D eigenvalue weighted by Gasteiger charge is -2.17. The van der Waals surface area contributed by atoms with Crippen molar-refractivity contribution in [1.82, 2.24) is 5.32 Å². The summed E-state index contributed by atoms with van der Waals surface area (Å²) < 4.78 is 13.6. The molecule has 0 saturated heterocycles. The van der Waals surface area contributed by atoms with Crippen LogP contribution in [0.15, 0.2) is 48.5 Å².